The van der Waals surface area contributed by atoms with Gasteiger partial charge in [-0.05, 0) is 61.8 Å². The number of nitrogen functional groups attached to an aromatic ring is 1. The number of hydrogen-bond acceptors (Lipinski definition) is 4. The first-order valence-electron chi connectivity index (χ1n) is 6.74. The molecule has 0 saturated heterocycles. The first-order valence-corrected chi connectivity index (χ1v) is 6.74. The number of nitrogens with two attached hydrogens (primary N) is 2. The van der Waals surface area contributed by atoms with Crippen molar-refractivity contribution >= 4 is 28.9 Å². The number of carbonyl (C=O) groups excluding carboxylic acids is 2. The Hall–Kier alpha value is -2.89. The molecule has 2 amide bonds. The van der Waals surface area contributed by atoms with Crippen molar-refractivity contribution < 1.29 is 9.59 Å². The molecule has 0 radical (unpaired) electrons. The Labute approximate surface area is 128 Å². The Kier molecular flexibility index (Phi) is 4.12. The third-order valence-corrected chi connectivity index (χ3v) is 3.38. The maximum absolute atomic E-state index is 11.8. The average Bonchev–Trinajstić information content (AvgIpc) is 2.40. The average molecular weight is 298 g/mol. The normalized spacial score (nSPS) is 16.3. The molecular weight excluding hydrogens is 280 g/mol. The van der Waals surface area contributed by atoms with Gasteiger partial charge in [-0.25, -0.2) is 9.79 Å². The molecule has 1 aliphatic carbocycles. The number of primary amides is 1. The molecule has 0 bridgehead atoms. The van der Waals surface area contributed by atoms with Crippen LogP contribution in [0.25, 0.3) is 0 Å². The first-order chi connectivity index (χ1) is 10.3. The fourth-order valence-electron chi connectivity index (χ4n) is 2.09. The Bertz CT molecular complexity index is 758. The molecule has 0 heterocycles. The van der Waals surface area contributed by atoms with Crippen LogP contribution in [0.2, 0.25) is 0 Å². The number of aliphatic imine (C=N–C) groups is 1. The molecule has 0 saturated carbocycles. The van der Waals surface area contributed by atoms with Crippen molar-refractivity contribution in [2.24, 2.45) is 10.7 Å². The van der Waals surface area contributed by atoms with E-state index in [1.807, 2.05) is 26.0 Å². The predicted molar refractivity (Wildman–Crippen MR) is 87.0 cm³/mol. The van der Waals surface area contributed by atoms with Gasteiger partial charge >= 0.3 is 6.03 Å². The number of hydrogen-bond donors (Lipinski definition) is 3. The molecule has 114 valence electrons. The fourth-order valence-corrected chi connectivity index (χ4v) is 2.09. The van der Waals surface area contributed by atoms with E-state index in [-0.39, 0.29) is 11.5 Å². The van der Waals surface area contributed by atoms with Crippen LogP contribution >= 0.6 is 0 Å². The summed E-state index contributed by atoms with van der Waals surface area (Å²) in [4.78, 5) is 27.3. The van der Waals surface area contributed by atoms with Crippen LogP contribution in [0.1, 0.15) is 18.1 Å². The molecule has 1 aromatic carbocycles. The van der Waals surface area contributed by atoms with Crippen LogP contribution in [-0.4, -0.2) is 17.5 Å². The molecule has 22 heavy (non-hydrogen) atoms. The maximum atomic E-state index is 11.8. The molecule has 2 rings (SSSR count). The number of anilines is 1. The van der Waals surface area contributed by atoms with E-state index in [4.69, 9.17) is 11.5 Å². The molecular formula is C16H18N4O2. The lowest BCUT2D eigenvalue weighted by molar-refractivity contribution is -0.111. The minimum atomic E-state index is -0.786. The number of rotatable bonds is 2. The molecule has 0 atom stereocenters. The quantitative estimate of drug-likeness (QED) is 0.574. The number of nitrogens with zero attached hydrogens (tertiary/aromatic N) is 1. The second-order valence-corrected chi connectivity index (χ2v) is 5.23. The van der Waals surface area contributed by atoms with Gasteiger partial charge in [0.1, 0.15) is 0 Å². The van der Waals surface area contributed by atoms with Crippen LogP contribution in [0.3, 0.4) is 0 Å². The summed E-state index contributed by atoms with van der Waals surface area (Å²) in [7, 11) is 0. The molecule has 0 aliphatic heterocycles. The van der Waals surface area contributed by atoms with Crippen LogP contribution in [-0.2, 0) is 4.79 Å². The number of aryl methyl sites for hydroxylation is 2. The lowest BCUT2D eigenvalue weighted by Crippen LogP contribution is -2.33. The van der Waals surface area contributed by atoms with Crippen LogP contribution in [0, 0.1) is 13.8 Å². The zero-order valence-electron chi connectivity index (χ0n) is 12.7. The highest BCUT2D eigenvalue weighted by atomic mass is 16.2. The minimum Gasteiger partial charge on any atom is -0.399 e. The molecule has 0 unspecified atom stereocenters. The van der Waals surface area contributed by atoms with Gasteiger partial charge in [-0.3, -0.25) is 4.79 Å². The van der Waals surface area contributed by atoms with Crippen molar-refractivity contribution in [2.45, 2.75) is 20.8 Å². The summed E-state index contributed by atoms with van der Waals surface area (Å²) < 4.78 is 0. The van der Waals surface area contributed by atoms with Crippen molar-refractivity contribution in [3.8, 4) is 0 Å². The van der Waals surface area contributed by atoms with Crippen LogP contribution in [0.15, 0.2) is 40.5 Å². The van der Waals surface area contributed by atoms with Gasteiger partial charge in [0.25, 0.3) is 0 Å². The molecule has 1 aliphatic rings. The molecule has 0 aromatic heterocycles. The van der Waals surface area contributed by atoms with Gasteiger partial charge in [0.05, 0.1) is 17.1 Å². The summed E-state index contributed by atoms with van der Waals surface area (Å²) >= 11 is 0. The van der Waals surface area contributed by atoms with E-state index >= 15 is 0 Å². The Balaban J connectivity index is 2.48. The second kappa shape index (κ2) is 5.85. The van der Waals surface area contributed by atoms with Crippen LogP contribution in [0.5, 0.6) is 0 Å². The predicted octanol–water partition coefficient (Wildman–Crippen LogP) is 2.04. The first kappa shape index (κ1) is 15.5. The van der Waals surface area contributed by atoms with E-state index in [0.717, 1.165) is 16.8 Å². The van der Waals surface area contributed by atoms with E-state index in [9.17, 15) is 9.59 Å². The van der Waals surface area contributed by atoms with Crippen molar-refractivity contribution in [3.63, 3.8) is 0 Å². The standard InChI is InChI=1S/C16H18N4O2/c1-8-5-12(9(2)4-11(8)17)19-13-7-14(20-16(18)22)15(21)6-10(13)3/h4-7H,17H2,1-3H3,(H3,18,20,22). The second-order valence-electron chi connectivity index (χ2n) is 5.23. The Morgan fingerprint density at radius 3 is 2.45 bits per heavy atom. The number of allylic oxidation sites excluding steroid dienone is 3. The molecule has 1 aromatic rings. The third-order valence-electron chi connectivity index (χ3n) is 3.38. The van der Waals surface area contributed by atoms with Crippen molar-refractivity contribution in [1.82, 2.24) is 5.32 Å². The SMILES string of the molecule is CC1=CC(=O)C(NC(N)=O)=CC1=Nc1cc(C)c(N)cc1C. The van der Waals surface area contributed by atoms with Gasteiger partial charge in [0.15, 0.2) is 0 Å². The topological polar surface area (TPSA) is 111 Å². The number of nitrogens with one attached hydrogen (secondary N) is 1. The highest BCUT2D eigenvalue weighted by Gasteiger charge is 2.17. The van der Waals surface area contributed by atoms with E-state index in [1.54, 1.807) is 6.92 Å². The molecule has 0 spiro atoms. The summed E-state index contributed by atoms with van der Waals surface area (Å²) in [6.07, 6.45) is 2.94. The molecule has 5 N–H and O–H groups in total. The fraction of sp³-hybridized carbons (Fsp3) is 0.188. The monoisotopic (exact) mass is 298 g/mol. The van der Waals surface area contributed by atoms with E-state index in [0.29, 0.717) is 17.0 Å². The van der Waals surface area contributed by atoms with Gasteiger partial charge in [0, 0.05) is 5.69 Å². The number of benzene rings is 1. The van der Waals surface area contributed by atoms with E-state index < -0.39 is 6.03 Å². The lowest BCUT2D eigenvalue weighted by Gasteiger charge is -2.13. The third kappa shape index (κ3) is 3.22. The largest absolute Gasteiger partial charge is 0.399 e. The van der Waals surface area contributed by atoms with Crippen molar-refractivity contribution in [2.75, 3.05) is 5.73 Å². The summed E-state index contributed by atoms with van der Waals surface area (Å²) in [5.74, 6) is -0.305. The summed E-state index contributed by atoms with van der Waals surface area (Å²) in [5.41, 5.74) is 15.7. The Morgan fingerprint density at radius 1 is 1.14 bits per heavy atom. The smallest absolute Gasteiger partial charge is 0.316 e. The van der Waals surface area contributed by atoms with E-state index in [1.165, 1.54) is 12.2 Å². The highest BCUT2D eigenvalue weighted by molar-refractivity contribution is 6.22. The zero-order valence-corrected chi connectivity index (χ0v) is 12.7. The molecule has 0 fully saturated rings. The maximum Gasteiger partial charge on any atom is 0.316 e. The number of urea groups is 1. The number of amides is 2. The minimum absolute atomic E-state index is 0.113. The van der Waals surface area contributed by atoms with Gasteiger partial charge in [0.2, 0.25) is 5.78 Å². The van der Waals surface area contributed by atoms with Crippen LogP contribution < -0.4 is 16.8 Å². The van der Waals surface area contributed by atoms with Gasteiger partial charge < -0.3 is 16.8 Å². The lowest BCUT2D eigenvalue weighted by atomic mass is 10.0. The van der Waals surface area contributed by atoms with Gasteiger partial charge in [-0.1, -0.05) is 0 Å². The number of ketones is 1. The molecule has 6 nitrogen and oxygen atoms in total. The molecule has 6 heteroatoms. The summed E-state index contributed by atoms with van der Waals surface area (Å²) in [5, 5.41) is 2.31. The van der Waals surface area contributed by atoms with Crippen LogP contribution in [0.4, 0.5) is 16.2 Å². The highest BCUT2D eigenvalue weighted by Crippen LogP contribution is 2.26. The van der Waals surface area contributed by atoms with Crippen molar-refractivity contribution in [3.05, 3.63) is 46.7 Å². The van der Waals surface area contributed by atoms with Gasteiger partial charge in [-0.2, -0.15) is 0 Å². The zero-order chi connectivity index (χ0) is 16.4. The Morgan fingerprint density at radius 2 is 1.82 bits per heavy atom. The summed E-state index contributed by atoms with van der Waals surface area (Å²) in [6, 6.07) is 2.95. The van der Waals surface area contributed by atoms with E-state index in [2.05, 4.69) is 10.3 Å². The summed E-state index contributed by atoms with van der Waals surface area (Å²) in [6.45, 7) is 5.60. The van der Waals surface area contributed by atoms with Crippen molar-refractivity contribution in [1.29, 1.82) is 0 Å². The van der Waals surface area contributed by atoms with Gasteiger partial charge in [-0.15, -0.1) is 0 Å². The number of carbonyl (C=O) groups is 2.